The van der Waals surface area contributed by atoms with Gasteiger partial charge in [-0.3, -0.25) is 0 Å². The van der Waals surface area contributed by atoms with Gasteiger partial charge in [0.05, 0.1) is 9.99 Å². The lowest BCUT2D eigenvalue weighted by molar-refractivity contribution is 0.305. The molecule has 0 aliphatic rings. The van der Waals surface area contributed by atoms with Crippen molar-refractivity contribution in [1.29, 1.82) is 0 Å². The first-order valence-electron chi connectivity index (χ1n) is 5.91. The van der Waals surface area contributed by atoms with Gasteiger partial charge in [0.15, 0.2) is 0 Å². The van der Waals surface area contributed by atoms with Crippen LogP contribution >= 0.6 is 15.9 Å². The molecule has 0 saturated carbocycles. The summed E-state index contributed by atoms with van der Waals surface area (Å²) in [5, 5.41) is 10.7. The Bertz CT molecular complexity index is 721. The number of rotatable bonds is 3. The molecular formula is C15H12BrNO2. The first-order chi connectivity index (χ1) is 9.25. The molecule has 3 nitrogen and oxygen atoms in total. The number of benzene rings is 2. The highest BCUT2D eigenvalue weighted by molar-refractivity contribution is 9.10. The number of hydrogen-bond acceptors (Lipinski definition) is 2. The van der Waals surface area contributed by atoms with Crippen LogP contribution in [0.5, 0.6) is 11.5 Å². The SMILES string of the molecule is Oc1cccc2c(COc3ccccc3Br)c[nH]c12. The first-order valence-corrected chi connectivity index (χ1v) is 6.70. The highest BCUT2D eigenvalue weighted by Gasteiger charge is 2.08. The van der Waals surface area contributed by atoms with Crippen LogP contribution in [-0.4, -0.2) is 10.1 Å². The number of aromatic nitrogens is 1. The molecule has 2 N–H and O–H groups in total. The minimum absolute atomic E-state index is 0.254. The topological polar surface area (TPSA) is 45.2 Å². The maximum absolute atomic E-state index is 9.73. The fourth-order valence-electron chi connectivity index (χ4n) is 2.03. The summed E-state index contributed by atoms with van der Waals surface area (Å²) in [5.74, 6) is 1.06. The molecule has 1 aromatic heterocycles. The number of halogens is 1. The molecule has 4 heteroatoms. The van der Waals surface area contributed by atoms with Crippen LogP contribution in [0.1, 0.15) is 5.56 Å². The van der Waals surface area contributed by atoms with Crippen LogP contribution in [0.2, 0.25) is 0 Å². The number of para-hydroxylation sites is 2. The van der Waals surface area contributed by atoms with Crippen LogP contribution in [0.4, 0.5) is 0 Å². The van der Waals surface area contributed by atoms with Crippen molar-refractivity contribution in [1.82, 2.24) is 4.98 Å². The second-order valence-electron chi connectivity index (χ2n) is 4.23. The van der Waals surface area contributed by atoms with Crippen molar-refractivity contribution in [2.45, 2.75) is 6.61 Å². The molecule has 0 atom stereocenters. The summed E-state index contributed by atoms with van der Waals surface area (Å²) in [6.07, 6.45) is 1.86. The highest BCUT2D eigenvalue weighted by atomic mass is 79.9. The Balaban J connectivity index is 1.87. The van der Waals surface area contributed by atoms with E-state index in [1.54, 1.807) is 6.07 Å². The predicted octanol–water partition coefficient (Wildman–Crippen LogP) is 4.22. The molecule has 2 aromatic carbocycles. The van der Waals surface area contributed by atoms with E-state index in [0.29, 0.717) is 6.61 Å². The largest absolute Gasteiger partial charge is 0.506 e. The fourth-order valence-corrected chi connectivity index (χ4v) is 2.43. The second kappa shape index (κ2) is 4.97. The van der Waals surface area contributed by atoms with Crippen molar-refractivity contribution < 1.29 is 9.84 Å². The summed E-state index contributed by atoms with van der Waals surface area (Å²) in [6.45, 7) is 0.450. The molecule has 3 rings (SSSR count). The van der Waals surface area contributed by atoms with E-state index in [0.717, 1.165) is 26.7 Å². The van der Waals surface area contributed by atoms with Gasteiger partial charge in [-0.25, -0.2) is 0 Å². The van der Waals surface area contributed by atoms with E-state index < -0.39 is 0 Å². The Labute approximate surface area is 119 Å². The summed E-state index contributed by atoms with van der Waals surface area (Å²) < 4.78 is 6.71. The molecular weight excluding hydrogens is 306 g/mol. The zero-order valence-corrected chi connectivity index (χ0v) is 11.6. The van der Waals surface area contributed by atoms with Gasteiger partial charge in [0.1, 0.15) is 18.1 Å². The van der Waals surface area contributed by atoms with Gasteiger partial charge in [-0.1, -0.05) is 24.3 Å². The Hall–Kier alpha value is -1.94. The molecule has 0 saturated heterocycles. The molecule has 0 amide bonds. The van der Waals surface area contributed by atoms with Crippen LogP contribution < -0.4 is 4.74 Å². The Morgan fingerprint density at radius 2 is 1.95 bits per heavy atom. The summed E-state index contributed by atoms with van der Waals surface area (Å²) in [7, 11) is 0. The summed E-state index contributed by atoms with van der Waals surface area (Å²) >= 11 is 3.45. The molecule has 0 bridgehead atoms. The van der Waals surface area contributed by atoms with Gasteiger partial charge in [0.2, 0.25) is 0 Å². The maximum Gasteiger partial charge on any atom is 0.139 e. The number of phenols is 1. The number of nitrogens with one attached hydrogen (secondary N) is 1. The zero-order valence-electron chi connectivity index (χ0n) is 10.1. The number of aromatic hydroxyl groups is 1. The van der Waals surface area contributed by atoms with Crippen molar-refractivity contribution in [3.63, 3.8) is 0 Å². The molecule has 0 aliphatic heterocycles. The number of H-pyrrole nitrogens is 1. The third-order valence-electron chi connectivity index (χ3n) is 3.00. The summed E-state index contributed by atoms with van der Waals surface area (Å²) in [6, 6.07) is 13.2. The van der Waals surface area contributed by atoms with E-state index in [-0.39, 0.29) is 5.75 Å². The normalized spacial score (nSPS) is 10.8. The molecule has 0 spiro atoms. The molecule has 0 radical (unpaired) electrons. The van der Waals surface area contributed by atoms with Crippen LogP contribution in [-0.2, 0) is 6.61 Å². The third kappa shape index (κ3) is 2.31. The van der Waals surface area contributed by atoms with Crippen molar-refractivity contribution >= 4 is 26.8 Å². The molecule has 3 aromatic rings. The van der Waals surface area contributed by atoms with Gasteiger partial charge in [-0.05, 0) is 34.1 Å². The molecule has 0 fully saturated rings. The van der Waals surface area contributed by atoms with Crippen molar-refractivity contribution in [3.05, 3.63) is 58.7 Å². The number of fused-ring (bicyclic) bond motifs is 1. The Morgan fingerprint density at radius 3 is 2.79 bits per heavy atom. The molecule has 0 aliphatic carbocycles. The summed E-state index contributed by atoms with van der Waals surface area (Å²) in [5.41, 5.74) is 1.76. The average Bonchev–Trinajstić information content (AvgIpc) is 2.83. The van der Waals surface area contributed by atoms with Gasteiger partial charge in [-0.15, -0.1) is 0 Å². The van der Waals surface area contributed by atoms with E-state index in [1.807, 2.05) is 42.6 Å². The van der Waals surface area contributed by atoms with E-state index >= 15 is 0 Å². The number of ether oxygens (including phenoxy) is 1. The van der Waals surface area contributed by atoms with Crippen LogP contribution in [0.25, 0.3) is 10.9 Å². The van der Waals surface area contributed by atoms with Gasteiger partial charge in [0, 0.05) is 17.1 Å². The number of aromatic amines is 1. The van der Waals surface area contributed by atoms with Crippen molar-refractivity contribution in [3.8, 4) is 11.5 Å². The number of phenolic OH excluding ortho intramolecular Hbond substituents is 1. The molecule has 19 heavy (non-hydrogen) atoms. The average molecular weight is 318 g/mol. The molecule has 0 unspecified atom stereocenters. The van der Waals surface area contributed by atoms with Gasteiger partial charge in [0.25, 0.3) is 0 Å². The summed E-state index contributed by atoms with van der Waals surface area (Å²) in [4.78, 5) is 3.07. The lowest BCUT2D eigenvalue weighted by Crippen LogP contribution is -1.94. The monoisotopic (exact) mass is 317 g/mol. The predicted molar refractivity (Wildman–Crippen MR) is 78.4 cm³/mol. The highest BCUT2D eigenvalue weighted by Crippen LogP contribution is 2.28. The lowest BCUT2D eigenvalue weighted by Gasteiger charge is -2.07. The van der Waals surface area contributed by atoms with Crippen molar-refractivity contribution in [2.75, 3.05) is 0 Å². The fraction of sp³-hybridized carbons (Fsp3) is 0.0667. The van der Waals surface area contributed by atoms with E-state index in [2.05, 4.69) is 20.9 Å². The molecule has 96 valence electrons. The van der Waals surface area contributed by atoms with E-state index in [1.165, 1.54) is 0 Å². The maximum atomic E-state index is 9.73. The van der Waals surface area contributed by atoms with E-state index in [9.17, 15) is 5.11 Å². The van der Waals surface area contributed by atoms with Gasteiger partial charge < -0.3 is 14.8 Å². The van der Waals surface area contributed by atoms with E-state index in [4.69, 9.17) is 4.74 Å². The second-order valence-corrected chi connectivity index (χ2v) is 5.09. The Kier molecular flexibility index (Phi) is 3.17. The Morgan fingerprint density at radius 1 is 1.11 bits per heavy atom. The van der Waals surface area contributed by atoms with Gasteiger partial charge >= 0.3 is 0 Å². The van der Waals surface area contributed by atoms with Crippen LogP contribution in [0, 0.1) is 0 Å². The zero-order chi connectivity index (χ0) is 13.2. The van der Waals surface area contributed by atoms with Gasteiger partial charge in [-0.2, -0.15) is 0 Å². The quantitative estimate of drug-likeness (QED) is 0.759. The smallest absolute Gasteiger partial charge is 0.139 e. The standard InChI is InChI=1S/C15H12BrNO2/c16-12-5-1-2-7-14(12)19-9-10-8-17-15-11(10)4-3-6-13(15)18/h1-8,17-18H,9H2. The first kappa shape index (κ1) is 12.1. The van der Waals surface area contributed by atoms with Crippen molar-refractivity contribution in [2.24, 2.45) is 0 Å². The molecule has 1 heterocycles. The van der Waals surface area contributed by atoms with Crippen LogP contribution in [0.3, 0.4) is 0 Å². The minimum Gasteiger partial charge on any atom is -0.506 e. The lowest BCUT2D eigenvalue weighted by atomic mass is 10.2. The third-order valence-corrected chi connectivity index (χ3v) is 3.65. The minimum atomic E-state index is 0.254. The number of hydrogen-bond donors (Lipinski definition) is 2. The van der Waals surface area contributed by atoms with Crippen LogP contribution in [0.15, 0.2) is 53.1 Å².